The highest BCUT2D eigenvalue weighted by Gasteiger charge is 2.28. The summed E-state index contributed by atoms with van der Waals surface area (Å²) in [6.45, 7) is 3.22. The van der Waals surface area contributed by atoms with Gasteiger partial charge in [0.25, 0.3) is 5.91 Å². The van der Waals surface area contributed by atoms with E-state index in [1.807, 2.05) is 6.92 Å². The van der Waals surface area contributed by atoms with Gasteiger partial charge in [-0.3, -0.25) is 4.79 Å². The Morgan fingerprint density at radius 2 is 2.30 bits per heavy atom. The van der Waals surface area contributed by atoms with Gasteiger partial charge in [-0.1, -0.05) is 6.07 Å². The number of amides is 1. The Morgan fingerprint density at radius 1 is 1.50 bits per heavy atom. The van der Waals surface area contributed by atoms with E-state index in [4.69, 9.17) is 9.47 Å². The summed E-state index contributed by atoms with van der Waals surface area (Å²) >= 11 is 0. The van der Waals surface area contributed by atoms with Gasteiger partial charge in [-0.25, -0.2) is 8.78 Å². The van der Waals surface area contributed by atoms with E-state index in [2.05, 4.69) is 5.32 Å². The molecule has 0 spiro atoms. The molecule has 2 rings (SSSR count). The van der Waals surface area contributed by atoms with Crippen LogP contribution in [-0.4, -0.2) is 37.9 Å². The van der Waals surface area contributed by atoms with E-state index < -0.39 is 17.5 Å². The summed E-state index contributed by atoms with van der Waals surface area (Å²) in [5.74, 6) is -2.81. The van der Waals surface area contributed by atoms with E-state index in [1.165, 1.54) is 12.1 Å². The van der Waals surface area contributed by atoms with Gasteiger partial charge in [0.2, 0.25) is 0 Å². The van der Waals surface area contributed by atoms with E-state index in [9.17, 15) is 13.6 Å². The fraction of sp³-hybridized carbons (Fsp3) is 0.500. The highest BCUT2D eigenvalue weighted by molar-refractivity contribution is 5.94. The first-order valence-corrected chi connectivity index (χ1v) is 6.57. The normalized spacial score (nSPS) is 22.6. The summed E-state index contributed by atoms with van der Waals surface area (Å²) < 4.78 is 37.4. The van der Waals surface area contributed by atoms with Crippen LogP contribution in [0.15, 0.2) is 18.2 Å². The fourth-order valence-electron chi connectivity index (χ4n) is 2.18. The third-order valence-corrected chi connectivity index (χ3v) is 3.20. The van der Waals surface area contributed by atoms with Gasteiger partial charge in [-0.15, -0.1) is 0 Å². The molecule has 0 bridgehead atoms. The lowest BCUT2D eigenvalue weighted by molar-refractivity contribution is -0.0632. The molecular weight excluding hydrogens is 268 g/mol. The third kappa shape index (κ3) is 3.32. The molecule has 0 unspecified atom stereocenters. The van der Waals surface area contributed by atoms with Gasteiger partial charge in [0.1, 0.15) is 6.10 Å². The average molecular weight is 285 g/mol. The first-order valence-electron chi connectivity index (χ1n) is 6.57. The third-order valence-electron chi connectivity index (χ3n) is 3.20. The van der Waals surface area contributed by atoms with Crippen LogP contribution in [-0.2, 0) is 9.47 Å². The Labute approximate surface area is 116 Å². The minimum absolute atomic E-state index is 0.265. The molecule has 20 heavy (non-hydrogen) atoms. The summed E-state index contributed by atoms with van der Waals surface area (Å²) in [6.07, 6.45) is 0.308. The second-order valence-corrected chi connectivity index (χ2v) is 4.54. The number of halogens is 2. The van der Waals surface area contributed by atoms with Gasteiger partial charge in [0.05, 0.1) is 18.2 Å². The molecular formula is C14H17F2NO3. The number of hydrogen-bond donors (Lipinski definition) is 1. The monoisotopic (exact) mass is 285 g/mol. The van der Waals surface area contributed by atoms with E-state index in [1.54, 1.807) is 0 Å². The lowest BCUT2D eigenvalue weighted by Gasteiger charge is -2.31. The van der Waals surface area contributed by atoms with Crippen molar-refractivity contribution in [1.82, 2.24) is 5.32 Å². The zero-order valence-corrected chi connectivity index (χ0v) is 11.2. The molecule has 1 amide bonds. The Balaban J connectivity index is 2.07. The van der Waals surface area contributed by atoms with Crippen molar-refractivity contribution < 1.29 is 23.0 Å². The van der Waals surface area contributed by atoms with Crippen LogP contribution >= 0.6 is 0 Å². The number of ether oxygens (including phenoxy) is 2. The molecule has 1 aromatic carbocycles. The van der Waals surface area contributed by atoms with Crippen molar-refractivity contribution in [2.24, 2.45) is 0 Å². The molecule has 1 N–H and O–H groups in total. The van der Waals surface area contributed by atoms with Crippen LogP contribution in [0.4, 0.5) is 8.78 Å². The molecule has 6 heteroatoms. The minimum atomic E-state index is -1.13. The van der Waals surface area contributed by atoms with Crippen LogP contribution in [0.3, 0.4) is 0 Å². The van der Waals surface area contributed by atoms with Crippen LogP contribution in [0.25, 0.3) is 0 Å². The SMILES string of the molecule is CCO[C@@H]1COCC[C@H]1NC(=O)c1cccc(F)c1F. The maximum absolute atomic E-state index is 13.6. The minimum Gasteiger partial charge on any atom is -0.379 e. The zero-order chi connectivity index (χ0) is 14.5. The van der Waals surface area contributed by atoms with Gasteiger partial charge in [0.15, 0.2) is 11.6 Å². The number of nitrogens with one attached hydrogen (secondary N) is 1. The van der Waals surface area contributed by atoms with Gasteiger partial charge in [-0.2, -0.15) is 0 Å². The van der Waals surface area contributed by atoms with Crippen LogP contribution in [0.1, 0.15) is 23.7 Å². The average Bonchev–Trinajstić information content (AvgIpc) is 2.44. The largest absolute Gasteiger partial charge is 0.379 e. The molecule has 0 radical (unpaired) electrons. The number of rotatable bonds is 4. The van der Waals surface area contributed by atoms with Crippen molar-refractivity contribution in [3.05, 3.63) is 35.4 Å². The highest BCUT2D eigenvalue weighted by Crippen LogP contribution is 2.15. The van der Waals surface area contributed by atoms with E-state index >= 15 is 0 Å². The van der Waals surface area contributed by atoms with Crippen molar-refractivity contribution in [3.8, 4) is 0 Å². The predicted octanol–water partition coefficient (Wildman–Crippen LogP) is 1.89. The molecule has 0 saturated carbocycles. The van der Waals surface area contributed by atoms with Gasteiger partial charge >= 0.3 is 0 Å². The molecule has 4 nitrogen and oxygen atoms in total. The topological polar surface area (TPSA) is 47.6 Å². The molecule has 1 fully saturated rings. The lowest BCUT2D eigenvalue weighted by Crippen LogP contribution is -2.50. The van der Waals surface area contributed by atoms with Crippen LogP contribution in [0.5, 0.6) is 0 Å². The maximum Gasteiger partial charge on any atom is 0.254 e. The molecule has 1 aromatic rings. The second-order valence-electron chi connectivity index (χ2n) is 4.54. The molecule has 110 valence electrons. The first kappa shape index (κ1) is 14.9. The van der Waals surface area contributed by atoms with Crippen molar-refractivity contribution in [1.29, 1.82) is 0 Å². The van der Waals surface area contributed by atoms with Crippen LogP contribution in [0, 0.1) is 11.6 Å². The van der Waals surface area contributed by atoms with E-state index in [0.717, 1.165) is 6.07 Å². The summed E-state index contributed by atoms with van der Waals surface area (Å²) in [7, 11) is 0. The van der Waals surface area contributed by atoms with Crippen LogP contribution in [0.2, 0.25) is 0 Å². The Hall–Kier alpha value is -1.53. The molecule has 1 heterocycles. The molecule has 1 saturated heterocycles. The molecule has 1 aliphatic heterocycles. The van der Waals surface area contributed by atoms with Crippen molar-refractivity contribution in [3.63, 3.8) is 0 Å². The zero-order valence-electron chi connectivity index (χ0n) is 11.2. The Morgan fingerprint density at radius 3 is 3.05 bits per heavy atom. The highest BCUT2D eigenvalue weighted by atomic mass is 19.2. The number of hydrogen-bond acceptors (Lipinski definition) is 3. The fourth-order valence-corrected chi connectivity index (χ4v) is 2.18. The number of benzene rings is 1. The molecule has 1 aliphatic rings. The van der Waals surface area contributed by atoms with E-state index in [-0.39, 0.29) is 17.7 Å². The first-order chi connectivity index (χ1) is 9.63. The van der Waals surface area contributed by atoms with Gasteiger partial charge < -0.3 is 14.8 Å². The molecule has 0 aromatic heterocycles. The van der Waals surface area contributed by atoms with Crippen molar-refractivity contribution in [2.75, 3.05) is 19.8 Å². The lowest BCUT2D eigenvalue weighted by atomic mass is 10.0. The number of carbonyl (C=O) groups is 1. The summed E-state index contributed by atoms with van der Waals surface area (Å²) in [5.41, 5.74) is -0.299. The quantitative estimate of drug-likeness (QED) is 0.919. The molecule has 2 atom stereocenters. The Kier molecular flexibility index (Phi) is 5.03. The van der Waals surface area contributed by atoms with Crippen molar-refractivity contribution in [2.45, 2.75) is 25.5 Å². The van der Waals surface area contributed by atoms with Crippen LogP contribution < -0.4 is 5.32 Å². The van der Waals surface area contributed by atoms with Gasteiger partial charge in [-0.05, 0) is 25.5 Å². The predicted molar refractivity (Wildman–Crippen MR) is 68.5 cm³/mol. The van der Waals surface area contributed by atoms with E-state index in [0.29, 0.717) is 26.2 Å². The maximum atomic E-state index is 13.6. The summed E-state index contributed by atoms with van der Waals surface area (Å²) in [4.78, 5) is 12.0. The van der Waals surface area contributed by atoms with Gasteiger partial charge in [0, 0.05) is 13.2 Å². The summed E-state index contributed by atoms with van der Waals surface area (Å²) in [6, 6.07) is 3.27. The smallest absolute Gasteiger partial charge is 0.254 e. The molecule has 0 aliphatic carbocycles. The standard InChI is InChI=1S/C14H17F2NO3/c1-2-20-12-8-19-7-6-11(12)17-14(18)9-4-3-5-10(15)13(9)16/h3-5,11-12H,2,6-8H2,1H3,(H,17,18)/t11-,12-/m1/s1. The number of carbonyl (C=O) groups excluding carboxylic acids is 1. The second kappa shape index (κ2) is 6.76. The Bertz CT molecular complexity index is 479. The summed E-state index contributed by atoms with van der Waals surface area (Å²) in [5, 5.41) is 2.69. The van der Waals surface area contributed by atoms with Crippen molar-refractivity contribution >= 4 is 5.91 Å².